The quantitative estimate of drug-likeness (QED) is 0.0447. The molecule has 1 N–H and O–H groups in total. The molecule has 0 rings (SSSR count). The molecule has 0 heterocycles. The van der Waals surface area contributed by atoms with Gasteiger partial charge >= 0.3 is 11.9 Å². The molecule has 0 aromatic heterocycles. The summed E-state index contributed by atoms with van der Waals surface area (Å²) in [6, 6.07) is 0. The van der Waals surface area contributed by atoms with Gasteiger partial charge < -0.3 is 9.84 Å². The molecule has 4 heteroatoms. The van der Waals surface area contributed by atoms with Crippen LogP contribution in [0.3, 0.4) is 0 Å². The summed E-state index contributed by atoms with van der Waals surface area (Å²) >= 11 is 0. The van der Waals surface area contributed by atoms with E-state index in [9.17, 15) is 9.59 Å². The first kappa shape index (κ1) is 42.6. The molecule has 0 aliphatic carbocycles. The highest BCUT2D eigenvalue weighted by Gasteiger charge is 2.14. The van der Waals surface area contributed by atoms with Gasteiger partial charge in [-0.15, -0.1) is 0 Å². The van der Waals surface area contributed by atoms with Crippen LogP contribution in [0.1, 0.15) is 181 Å². The lowest BCUT2D eigenvalue weighted by Gasteiger charge is -2.18. The second kappa shape index (κ2) is 36.1. The molecule has 0 fully saturated rings. The van der Waals surface area contributed by atoms with E-state index in [0.29, 0.717) is 6.42 Å². The maximum Gasteiger partial charge on any atom is 0.306 e. The number of unbranched alkanes of at least 4 members (excludes halogenated alkanes) is 14. The van der Waals surface area contributed by atoms with Crippen LogP contribution in [0.2, 0.25) is 0 Å². The van der Waals surface area contributed by atoms with Gasteiger partial charge in [-0.1, -0.05) is 145 Å². The highest BCUT2D eigenvalue weighted by atomic mass is 16.5. The number of carboxylic acids is 1. The van der Waals surface area contributed by atoms with E-state index in [4.69, 9.17) is 9.84 Å². The molecule has 1 unspecified atom stereocenters. The first-order valence-electron chi connectivity index (χ1n) is 18.8. The van der Waals surface area contributed by atoms with Crippen molar-refractivity contribution < 1.29 is 19.4 Å². The predicted octanol–water partition coefficient (Wildman–Crippen LogP) is 12.9. The fraction of sp³-hybridized carbons (Fsp3) is 0.707. The fourth-order valence-corrected chi connectivity index (χ4v) is 5.27. The van der Waals surface area contributed by atoms with Gasteiger partial charge in [0.05, 0.1) is 0 Å². The first-order chi connectivity index (χ1) is 22.1. The van der Waals surface area contributed by atoms with Gasteiger partial charge in [0.2, 0.25) is 0 Å². The molecule has 1 atom stereocenters. The number of esters is 1. The van der Waals surface area contributed by atoms with Crippen LogP contribution < -0.4 is 0 Å². The summed E-state index contributed by atoms with van der Waals surface area (Å²) in [5, 5.41) is 8.79. The van der Waals surface area contributed by atoms with Crippen molar-refractivity contribution in [1.29, 1.82) is 0 Å². The minimum atomic E-state index is -0.707. The molecule has 45 heavy (non-hydrogen) atoms. The molecule has 0 saturated carbocycles. The Morgan fingerprint density at radius 2 is 0.933 bits per heavy atom. The predicted molar refractivity (Wildman–Crippen MR) is 195 cm³/mol. The third kappa shape index (κ3) is 36.0. The van der Waals surface area contributed by atoms with E-state index in [-0.39, 0.29) is 18.5 Å². The average molecular weight is 627 g/mol. The molecular formula is C41H70O4. The van der Waals surface area contributed by atoms with Crippen molar-refractivity contribution in [3.8, 4) is 0 Å². The van der Waals surface area contributed by atoms with Gasteiger partial charge in [-0.3, -0.25) is 9.59 Å². The lowest BCUT2D eigenvalue weighted by Crippen LogP contribution is -2.18. The number of aliphatic carboxylic acids is 1. The van der Waals surface area contributed by atoms with E-state index >= 15 is 0 Å². The molecule has 0 radical (unpaired) electrons. The van der Waals surface area contributed by atoms with Gasteiger partial charge in [-0.25, -0.2) is 0 Å². The molecular weight excluding hydrogens is 556 g/mol. The van der Waals surface area contributed by atoms with E-state index in [1.54, 1.807) is 0 Å². The van der Waals surface area contributed by atoms with Crippen LogP contribution in [-0.4, -0.2) is 23.1 Å². The van der Waals surface area contributed by atoms with Gasteiger partial charge in [0, 0.05) is 12.8 Å². The number of ether oxygens (including phenoxy) is 1. The van der Waals surface area contributed by atoms with Crippen LogP contribution in [0.5, 0.6) is 0 Å². The molecule has 4 nitrogen and oxygen atoms in total. The van der Waals surface area contributed by atoms with Crippen LogP contribution in [-0.2, 0) is 14.3 Å². The number of hydrogen-bond acceptors (Lipinski definition) is 3. The van der Waals surface area contributed by atoms with Crippen molar-refractivity contribution in [1.82, 2.24) is 0 Å². The Morgan fingerprint density at radius 3 is 1.44 bits per heavy atom. The average Bonchev–Trinajstić information content (AvgIpc) is 3.02. The monoisotopic (exact) mass is 627 g/mol. The molecule has 0 saturated heterocycles. The van der Waals surface area contributed by atoms with E-state index in [1.165, 1.54) is 44.9 Å². The topological polar surface area (TPSA) is 63.6 Å². The van der Waals surface area contributed by atoms with Crippen molar-refractivity contribution in [3.05, 3.63) is 60.8 Å². The summed E-state index contributed by atoms with van der Waals surface area (Å²) in [6.45, 7) is 4.41. The van der Waals surface area contributed by atoms with Crippen LogP contribution in [0.15, 0.2) is 60.8 Å². The molecule has 0 aromatic rings. The lowest BCUT2D eigenvalue weighted by atomic mass is 10.0. The second-order valence-electron chi connectivity index (χ2n) is 12.4. The number of carbonyl (C=O) groups excluding carboxylic acids is 1. The zero-order chi connectivity index (χ0) is 32.9. The Balaban J connectivity index is 4.06. The summed E-state index contributed by atoms with van der Waals surface area (Å²) in [7, 11) is 0. The second-order valence-corrected chi connectivity index (χ2v) is 12.4. The van der Waals surface area contributed by atoms with Crippen molar-refractivity contribution in [3.63, 3.8) is 0 Å². The van der Waals surface area contributed by atoms with Crippen LogP contribution in [0, 0.1) is 0 Å². The van der Waals surface area contributed by atoms with Gasteiger partial charge in [0.25, 0.3) is 0 Å². The van der Waals surface area contributed by atoms with Crippen molar-refractivity contribution >= 4 is 11.9 Å². The molecule has 258 valence electrons. The molecule has 0 aliphatic rings. The summed E-state index contributed by atoms with van der Waals surface area (Å²) in [5.74, 6) is -0.739. The van der Waals surface area contributed by atoms with Gasteiger partial charge in [-0.2, -0.15) is 0 Å². The SMILES string of the molecule is CC/C=C\C/C=C\C/C=C\C/C=C\C/C=C\CCCCCC(=O)OC(CCCCCCCCCC)CCCCCCCC(=O)O. The smallest absolute Gasteiger partial charge is 0.306 e. The van der Waals surface area contributed by atoms with E-state index in [0.717, 1.165) is 109 Å². The zero-order valence-corrected chi connectivity index (χ0v) is 29.4. The minimum absolute atomic E-state index is 0.0316. The number of rotatable bonds is 33. The highest BCUT2D eigenvalue weighted by Crippen LogP contribution is 2.18. The van der Waals surface area contributed by atoms with Crippen molar-refractivity contribution in [2.45, 2.75) is 187 Å². The van der Waals surface area contributed by atoms with E-state index in [2.05, 4.69) is 74.6 Å². The van der Waals surface area contributed by atoms with Gasteiger partial charge in [0.1, 0.15) is 6.10 Å². The normalized spacial score (nSPS) is 12.9. The maximum atomic E-state index is 12.6. The van der Waals surface area contributed by atoms with Gasteiger partial charge in [-0.05, 0) is 83.5 Å². The Kier molecular flexibility index (Phi) is 34.2. The molecule has 0 spiro atoms. The summed E-state index contributed by atoms with van der Waals surface area (Å²) in [6.07, 6.45) is 49.5. The number of hydrogen-bond donors (Lipinski definition) is 1. The zero-order valence-electron chi connectivity index (χ0n) is 29.4. The highest BCUT2D eigenvalue weighted by molar-refractivity contribution is 5.69. The van der Waals surface area contributed by atoms with E-state index in [1.807, 2.05) is 0 Å². The largest absolute Gasteiger partial charge is 0.481 e. The fourth-order valence-electron chi connectivity index (χ4n) is 5.27. The Morgan fingerprint density at radius 1 is 0.511 bits per heavy atom. The molecule has 0 aromatic carbocycles. The Bertz CT molecular complexity index is 804. The number of allylic oxidation sites excluding steroid dienone is 10. The number of carbonyl (C=O) groups is 2. The third-order valence-corrected chi connectivity index (χ3v) is 8.00. The summed E-state index contributed by atoms with van der Waals surface area (Å²) in [4.78, 5) is 23.3. The van der Waals surface area contributed by atoms with Crippen LogP contribution in [0.25, 0.3) is 0 Å². The Hall–Kier alpha value is -2.36. The van der Waals surface area contributed by atoms with E-state index < -0.39 is 5.97 Å². The van der Waals surface area contributed by atoms with Crippen LogP contribution >= 0.6 is 0 Å². The van der Waals surface area contributed by atoms with Crippen molar-refractivity contribution in [2.24, 2.45) is 0 Å². The standard InChI is InChI=1S/C41H70O4/c1-3-5-7-9-11-13-14-15-16-17-18-19-20-21-22-23-25-30-34-38-41(44)45-39(35-31-27-24-12-10-8-6-4-2)36-32-28-26-29-33-37-40(42)43/h5,7,11,13,15-16,18-19,21-22,39H,3-4,6,8-10,12,14,17,20,23-38H2,1-2H3,(H,42,43)/b7-5-,13-11-,16-15-,19-18-,22-21-. The third-order valence-electron chi connectivity index (χ3n) is 8.00. The number of carboxylic acid groups (broad SMARTS) is 1. The maximum absolute atomic E-state index is 12.6. The first-order valence-corrected chi connectivity index (χ1v) is 18.8. The molecule has 0 amide bonds. The summed E-state index contributed by atoms with van der Waals surface area (Å²) in [5.41, 5.74) is 0. The Labute approximate surface area is 278 Å². The molecule has 0 bridgehead atoms. The summed E-state index contributed by atoms with van der Waals surface area (Å²) < 4.78 is 5.96. The lowest BCUT2D eigenvalue weighted by molar-refractivity contribution is -0.150. The minimum Gasteiger partial charge on any atom is -0.481 e. The molecule has 0 aliphatic heterocycles. The van der Waals surface area contributed by atoms with Crippen LogP contribution in [0.4, 0.5) is 0 Å². The van der Waals surface area contributed by atoms with Gasteiger partial charge in [0.15, 0.2) is 0 Å². The van der Waals surface area contributed by atoms with Crippen molar-refractivity contribution in [2.75, 3.05) is 0 Å².